The zero-order valence-electron chi connectivity index (χ0n) is 15.0. The molecule has 0 aliphatic carbocycles. The molecule has 2 aliphatic heterocycles. The summed E-state index contributed by atoms with van der Waals surface area (Å²) in [5, 5.41) is 0. The highest BCUT2D eigenvalue weighted by atomic mass is 19.2. The Balaban J connectivity index is 1.43. The van der Waals surface area contributed by atoms with Gasteiger partial charge in [-0.1, -0.05) is 42.5 Å². The molecule has 2 heterocycles. The molecule has 0 bridgehead atoms. The minimum atomic E-state index is -0.936. The molecule has 2 aromatic rings. The summed E-state index contributed by atoms with van der Waals surface area (Å²) in [7, 11) is 0. The van der Waals surface area contributed by atoms with Crippen LogP contribution in [0.2, 0.25) is 0 Å². The van der Waals surface area contributed by atoms with Gasteiger partial charge >= 0.3 is 0 Å². The Labute approximate surface area is 157 Å². The summed E-state index contributed by atoms with van der Waals surface area (Å²) in [5.41, 5.74) is 1.31. The smallest absolute Gasteiger partial charge is 0.227 e. The maximum Gasteiger partial charge on any atom is 0.227 e. The molecule has 2 fully saturated rings. The molecule has 0 radical (unpaired) electrons. The van der Waals surface area contributed by atoms with Crippen LogP contribution < -0.4 is 0 Å². The quantitative estimate of drug-likeness (QED) is 0.831. The maximum absolute atomic E-state index is 13.9. The fraction of sp³-hybridized carbons (Fsp3) is 0.381. The number of halogens is 2. The summed E-state index contributed by atoms with van der Waals surface area (Å²) in [6, 6.07) is 14.5. The second-order valence-corrected chi connectivity index (χ2v) is 7.09. The van der Waals surface area contributed by atoms with E-state index in [1.165, 1.54) is 17.7 Å². The highest BCUT2D eigenvalue weighted by molar-refractivity contribution is 5.79. The number of nitrogens with zero attached hydrogens (tertiary/aromatic N) is 2. The van der Waals surface area contributed by atoms with E-state index in [-0.39, 0.29) is 30.0 Å². The van der Waals surface area contributed by atoms with Crippen molar-refractivity contribution in [2.24, 2.45) is 0 Å². The molecule has 142 valence electrons. The molecule has 27 heavy (non-hydrogen) atoms. The third-order valence-electron chi connectivity index (χ3n) is 5.42. The summed E-state index contributed by atoms with van der Waals surface area (Å²) < 4.78 is 33.0. The molecule has 6 heteroatoms. The van der Waals surface area contributed by atoms with Gasteiger partial charge in [0.25, 0.3) is 0 Å². The average molecular weight is 372 g/mol. The molecule has 4 rings (SSSR count). The van der Waals surface area contributed by atoms with Gasteiger partial charge in [0.1, 0.15) is 0 Å². The number of rotatable bonds is 3. The van der Waals surface area contributed by atoms with Crippen LogP contribution in [0.4, 0.5) is 8.78 Å². The van der Waals surface area contributed by atoms with Gasteiger partial charge in [-0.2, -0.15) is 0 Å². The standard InChI is InChI=1S/C21H22F2N2O2/c22-18-8-4-7-16(21(18)23)11-20(26)24-9-10-25-17(12-24)13-27-14-19(25)15-5-2-1-3-6-15/h1-8,17,19H,9-14H2/t17-,19-/m1/s1. The monoisotopic (exact) mass is 372 g/mol. The van der Waals surface area contributed by atoms with Crippen molar-refractivity contribution >= 4 is 5.91 Å². The van der Waals surface area contributed by atoms with Crippen molar-refractivity contribution < 1.29 is 18.3 Å². The number of fused-ring (bicyclic) bond motifs is 1. The Kier molecular flexibility index (Phi) is 5.18. The second-order valence-electron chi connectivity index (χ2n) is 7.09. The molecule has 2 aromatic carbocycles. The molecule has 0 aromatic heterocycles. The summed E-state index contributed by atoms with van der Waals surface area (Å²) >= 11 is 0. The van der Waals surface area contributed by atoms with Crippen molar-refractivity contribution in [2.75, 3.05) is 32.8 Å². The molecule has 0 spiro atoms. The largest absolute Gasteiger partial charge is 0.378 e. The Bertz CT molecular complexity index is 815. The van der Waals surface area contributed by atoms with E-state index in [0.29, 0.717) is 26.3 Å². The molecule has 2 saturated heterocycles. The van der Waals surface area contributed by atoms with Crippen molar-refractivity contribution in [1.82, 2.24) is 9.80 Å². The Morgan fingerprint density at radius 3 is 2.67 bits per heavy atom. The van der Waals surface area contributed by atoms with E-state index in [4.69, 9.17) is 4.74 Å². The predicted molar refractivity (Wildman–Crippen MR) is 97.1 cm³/mol. The number of morpholine rings is 1. The molecular weight excluding hydrogens is 350 g/mol. The van der Waals surface area contributed by atoms with Crippen LogP contribution in [0.1, 0.15) is 17.2 Å². The topological polar surface area (TPSA) is 32.8 Å². The fourth-order valence-electron chi connectivity index (χ4n) is 3.99. The van der Waals surface area contributed by atoms with Crippen LogP contribution in [-0.2, 0) is 16.0 Å². The van der Waals surface area contributed by atoms with Crippen LogP contribution in [0.25, 0.3) is 0 Å². The van der Waals surface area contributed by atoms with Crippen molar-refractivity contribution in [3.63, 3.8) is 0 Å². The van der Waals surface area contributed by atoms with Crippen LogP contribution in [0.5, 0.6) is 0 Å². The first-order valence-corrected chi connectivity index (χ1v) is 9.22. The lowest BCUT2D eigenvalue weighted by molar-refractivity contribution is -0.139. The molecule has 2 atom stereocenters. The minimum absolute atomic E-state index is 0.101. The van der Waals surface area contributed by atoms with Crippen LogP contribution in [0.15, 0.2) is 48.5 Å². The summed E-state index contributed by atoms with van der Waals surface area (Å²) in [6.07, 6.45) is -0.126. The lowest BCUT2D eigenvalue weighted by Crippen LogP contribution is -2.60. The molecule has 0 unspecified atom stereocenters. The zero-order chi connectivity index (χ0) is 18.8. The Hall–Kier alpha value is -2.31. The average Bonchev–Trinajstić information content (AvgIpc) is 2.71. The SMILES string of the molecule is O=C(Cc1cccc(F)c1F)N1CCN2[C@@H](COC[C@@H]2c2ccccc2)C1. The van der Waals surface area contributed by atoms with E-state index >= 15 is 0 Å². The van der Waals surface area contributed by atoms with Crippen LogP contribution in [0.3, 0.4) is 0 Å². The highest BCUT2D eigenvalue weighted by Gasteiger charge is 2.37. The van der Waals surface area contributed by atoms with Gasteiger partial charge in [-0.05, 0) is 11.6 Å². The van der Waals surface area contributed by atoms with Gasteiger partial charge in [0.2, 0.25) is 5.91 Å². The Morgan fingerprint density at radius 1 is 1.04 bits per heavy atom. The number of amides is 1. The van der Waals surface area contributed by atoms with Gasteiger partial charge in [0.05, 0.1) is 31.7 Å². The first-order chi connectivity index (χ1) is 13.1. The van der Waals surface area contributed by atoms with Crippen molar-refractivity contribution in [1.29, 1.82) is 0 Å². The van der Waals surface area contributed by atoms with E-state index in [1.807, 2.05) is 18.2 Å². The third-order valence-corrected chi connectivity index (χ3v) is 5.42. The number of benzene rings is 2. The van der Waals surface area contributed by atoms with Gasteiger partial charge in [-0.25, -0.2) is 8.78 Å². The van der Waals surface area contributed by atoms with E-state index in [0.717, 1.165) is 12.6 Å². The van der Waals surface area contributed by atoms with Gasteiger partial charge in [0.15, 0.2) is 11.6 Å². The van der Waals surface area contributed by atoms with Gasteiger partial charge < -0.3 is 9.64 Å². The molecule has 0 N–H and O–H groups in total. The lowest BCUT2D eigenvalue weighted by atomic mass is 10.00. The summed E-state index contributed by atoms with van der Waals surface area (Å²) in [6.45, 7) is 3.07. The van der Waals surface area contributed by atoms with Gasteiger partial charge in [0, 0.05) is 25.2 Å². The van der Waals surface area contributed by atoms with Crippen molar-refractivity contribution in [3.05, 3.63) is 71.3 Å². The number of carbonyl (C=O) groups is 1. The lowest BCUT2D eigenvalue weighted by Gasteiger charge is -2.48. The maximum atomic E-state index is 13.9. The first kappa shape index (κ1) is 18.1. The van der Waals surface area contributed by atoms with E-state index in [2.05, 4.69) is 17.0 Å². The molecule has 0 saturated carbocycles. The molecule has 2 aliphatic rings. The number of hydrogen-bond donors (Lipinski definition) is 0. The van der Waals surface area contributed by atoms with Crippen molar-refractivity contribution in [3.8, 4) is 0 Å². The molecule has 4 nitrogen and oxygen atoms in total. The van der Waals surface area contributed by atoms with Gasteiger partial charge in [-0.3, -0.25) is 9.69 Å². The van der Waals surface area contributed by atoms with Crippen molar-refractivity contribution in [2.45, 2.75) is 18.5 Å². The summed E-state index contributed by atoms with van der Waals surface area (Å²) in [5.74, 6) is -2.04. The number of piperazine rings is 1. The van der Waals surface area contributed by atoms with E-state index in [9.17, 15) is 13.6 Å². The number of ether oxygens (including phenoxy) is 1. The number of carbonyl (C=O) groups excluding carboxylic acids is 1. The predicted octanol–water partition coefficient (Wildman–Crippen LogP) is 2.79. The Morgan fingerprint density at radius 2 is 1.85 bits per heavy atom. The molecule has 1 amide bonds. The van der Waals surface area contributed by atoms with Gasteiger partial charge in [-0.15, -0.1) is 0 Å². The first-order valence-electron chi connectivity index (χ1n) is 9.22. The summed E-state index contributed by atoms with van der Waals surface area (Å²) in [4.78, 5) is 16.8. The fourth-order valence-corrected chi connectivity index (χ4v) is 3.99. The minimum Gasteiger partial charge on any atom is -0.378 e. The molecular formula is C21H22F2N2O2. The van der Waals surface area contributed by atoms with Crippen LogP contribution in [-0.4, -0.2) is 54.6 Å². The zero-order valence-corrected chi connectivity index (χ0v) is 15.0. The number of hydrogen-bond acceptors (Lipinski definition) is 3. The normalized spacial score (nSPS) is 23.1. The van der Waals surface area contributed by atoms with Crippen LogP contribution >= 0.6 is 0 Å². The van der Waals surface area contributed by atoms with E-state index in [1.54, 1.807) is 4.90 Å². The third kappa shape index (κ3) is 3.73. The second kappa shape index (κ2) is 7.74. The van der Waals surface area contributed by atoms with Crippen LogP contribution in [0, 0.1) is 11.6 Å². The highest BCUT2D eigenvalue weighted by Crippen LogP contribution is 2.29. The van der Waals surface area contributed by atoms with E-state index < -0.39 is 11.6 Å².